The van der Waals surface area contributed by atoms with Crippen LogP contribution in [0.15, 0.2) is 36.7 Å². The Bertz CT molecular complexity index is 936. The smallest absolute Gasteiger partial charge is 0.133 e. The Hall–Kier alpha value is -2.17. The first-order chi connectivity index (χ1) is 12.1. The Morgan fingerprint density at radius 1 is 1.20 bits per heavy atom. The average Bonchev–Trinajstić information content (AvgIpc) is 2.62. The largest absolute Gasteiger partial charge is 0.508 e. The van der Waals surface area contributed by atoms with E-state index in [0.29, 0.717) is 16.6 Å². The maximum Gasteiger partial charge on any atom is 0.133 e. The monoisotopic (exact) mass is 354 g/mol. The number of phenolic OH excluding ortho intramolecular Hbond substituents is 1. The number of benzene rings is 1. The van der Waals surface area contributed by atoms with Gasteiger partial charge in [0.15, 0.2) is 0 Å². The van der Waals surface area contributed by atoms with Crippen LogP contribution in [-0.2, 0) is 4.74 Å². The number of fused-ring (bicyclic) bond motifs is 1. The Labute approximate surface area is 151 Å². The van der Waals surface area contributed by atoms with E-state index in [1.165, 1.54) is 0 Å². The SMILES string of the molecule is Cc1cnccc1-c1c(C2CCOCC2)c(Cl)nc2cc(O)ccc12. The summed E-state index contributed by atoms with van der Waals surface area (Å²) in [5.74, 6) is 0.502. The molecule has 3 aromatic rings. The number of nitrogens with zero attached hydrogens (tertiary/aromatic N) is 2. The van der Waals surface area contributed by atoms with Gasteiger partial charge in [-0.25, -0.2) is 4.98 Å². The lowest BCUT2D eigenvalue weighted by Gasteiger charge is -2.26. The predicted molar refractivity (Wildman–Crippen MR) is 99.2 cm³/mol. The van der Waals surface area contributed by atoms with Crippen molar-refractivity contribution in [1.82, 2.24) is 9.97 Å². The van der Waals surface area contributed by atoms with E-state index in [-0.39, 0.29) is 5.75 Å². The van der Waals surface area contributed by atoms with Crippen molar-refractivity contribution in [2.45, 2.75) is 25.7 Å². The summed E-state index contributed by atoms with van der Waals surface area (Å²) in [5.41, 5.74) is 5.08. The van der Waals surface area contributed by atoms with Crippen LogP contribution in [0.1, 0.15) is 29.9 Å². The topological polar surface area (TPSA) is 55.2 Å². The van der Waals surface area contributed by atoms with Crippen molar-refractivity contribution in [2.75, 3.05) is 13.2 Å². The third-order valence-corrected chi connectivity index (χ3v) is 5.17. The van der Waals surface area contributed by atoms with Crippen LogP contribution in [0.3, 0.4) is 0 Å². The fourth-order valence-corrected chi connectivity index (χ4v) is 3.98. The molecule has 1 aliphatic rings. The van der Waals surface area contributed by atoms with Gasteiger partial charge in [0.2, 0.25) is 0 Å². The fraction of sp³-hybridized carbons (Fsp3) is 0.300. The minimum atomic E-state index is 0.187. The lowest BCUT2D eigenvalue weighted by Crippen LogP contribution is -2.16. The molecule has 0 spiro atoms. The van der Waals surface area contributed by atoms with Crippen LogP contribution in [0.25, 0.3) is 22.0 Å². The zero-order valence-electron chi connectivity index (χ0n) is 14.0. The van der Waals surface area contributed by atoms with Crippen molar-refractivity contribution >= 4 is 22.5 Å². The second-order valence-corrected chi connectivity index (χ2v) is 6.83. The van der Waals surface area contributed by atoms with E-state index in [4.69, 9.17) is 16.3 Å². The molecule has 4 nitrogen and oxygen atoms in total. The van der Waals surface area contributed by atoms with Crippen molar-refractivity contribution in [2.24, 2.45) is 0 Å². The first-order valence-electron chi connectivity index (χ1n) is 8.46. The Morgan fingerprint density at radius 3 is 2.76 bits per heavy atom. The van der Waals surface area contributed by atoms with Gasteiger partial charge < -0.3 is 9.84 Å². The zero-order chi connectivity index (χ0) is 17.4. The van der Waals surface area contributed by atoms with Gasteiger partial charge in [0.1, 0.15) is 10.9 Å². The second kappa shape index (κ2) is 6.62. The van der Waals surface area contributed by atoms with Crippen molar-refractivity contribution in [3.63, 3.8) is 0 Å². The van der Waals surface area contributed by atoms with Gasteiger partial charge in [-0.2, -0.15) is 0 Å². The molecule has 0 radical (unpaired) electrons. The van der Waals surface area contributed by atoms with Gasteiger partial charge in [-0.05, 0) is 60.6 Å². The number of pyridine rings is 2. The number of hydrogen-bond acceptors (Lipinski definition) is 4. The van der Waals surface area contributed by atoms with Gasteiger partial charge in [0, 0.05) is 42.6 Å². The van der Waals surface area contributed by atoms with Gasteiger partial charge in [0.25, 0.3) is 0 Å². The summed E-state index contributed by atoms with van der Waals surface area (Å²) in [6.45, 7) is 3.53. The number of phenols is 1. The number of halogens is 1. The van der Waals surface area contributed by atoms with Crippen LogP contribution in [0.2, 0.25) is 5.15 Å². The third kappa shape index (κ3) is 2.96. The van der Waals surface area contributed by atoms with E-state index in [1.54, 1.807) is 18.3 Å². The molecule has 25 heavy (non-hydrogen) atoms. The normalized spacial score (nSPS) is 15.6. The standard InChI is InChI=1S/C20H19ClN2O2/c1-12-11-22-7-4-15(12)19-16-3-2-14(24)10-17(16)23-20(21)18(19)13-5-8-25-9-6-13/h2-4,7,10-11,13,24H,5-6,8-9H2,1H3. The highest BCUT2D eigenvalue weighted by atomic mass is 35.5. The van der Waals surface area contributed by atoms with E-state index in [0.717, 1.165) is 53.7 Å². The predicted octanol–water partition coefficient (Wildman–Crippen LogP) is 4.86. The van der Waals surface area contributed by atoms with Crippen molar-refractivity contribution in [3.8, 4) is 16.9 Å². The van der Waals surface area contributed by atoms with Crippen molar-refractivity contribution in [3.05, 3.63) is 52.9 Å². The van der Waals surface area contributed by atoms with E-state index < -0.39 is 0 Å². The van der Waals surface area contributed by atoms with E-state index in [9.17, 15) is 5.11 Å². The molecule has 0 unspecified atom stereocenters. The van der Waals surface area contributed by atoms with Crippen molar-refractivity contribution < 1.29 is 9.84 Å². The molecule has 1 aliphatic heterocycles. The zero-order valence-corrected chi connectivity index (χ0v) is 14.8. The van der Waals surface area contributed by atoms with Gasteiger partial charge in [-0.15, -0.1) is 0 Å². The molecule has 1 saturated heterocycles. The Kier molecular flexibility index (Phi) is 4.32. The van der Waals surface area contributed by atoms with Crippen LogP contribution < -0.4 is 0 Å². The van der Waals surface area contributed by atoms with Gasteiger partial charge in [0.05, 0.1) is 5.52 Å². The number of aryl methyl sites for hydroxylation is 1. The first-order valence-corrected chi connectivity index (χ1v) is 8.84. The average molecular weight is 355 g/mol. The van der Waals surface area contributed by atoms with Crippen LogP contribution in [0, 0.1) is 6.92 Å². The van der Waals surface area contributed by atoms with E-state index in [2.05, 4.69) is 16.9 Å². The number of ether oxygens (including phenoxy) is 1. The number of aromatic hydroxyl groups is 1. The molecule has 0 saturated carbocycles. The lowest BCUT2D eigenvalue weighted by molar-refractivity contribution is 0.0854. The van der Waals surface area contributed by atoms with Gasteiger partial charge in [-0.1, -0.05) is 11.6 Å². The summed E-state index contributed by atoms with van der Waals surface area (Å²) < 4.78 is 5.53. The second-order valence-electron chi connectivity index (χ2n) is 6.47. The number of rotatable bonds is 2. The van der Waals surface area contributed by atoms with E-state index >= 15 is 0 Å². The number of aromatic nitrogens is 2. The lowest BCUT2D eigenvalue weighted by atomic mass is 9.84. The molecule has 0 bridgehead atoms. The Balaban J connectivity index is 2.06. The molecule has 5 heteroatoms. The van der Waals surface area contributed by atoms with Crippen LogP contribution >= 0.6 is 11.6 Å². The summed E-state index contributed by atoms with van der Waals surface area (Å²) in [7, 11) is 0. The molecule has 0 atom stereocenters. The van der Waals surface area contributed by atoms with E-state index in [1.807, 2.05) is 18.3 Å². The Morgan fingerprint density at radius 2 is 2.00 bits per heavy atom. The molecular formula is C20H19ClN2O2. The fourth-order valence-electron chi connectivity index (χ4n) is 3.64. The quantitative estimate of drug-likeness (QED) is 0.668. The highest BCUT2D eigenvalue weighted by Crippen LogP contribution is 2.43. The van der Waals surface area contributed by atoms with Crippen LogP contribution in [0.4, 0.5) is 0 Å². The van der Waals surface area contributed by atoms with Crippen LogP contribution in [-0.4, -0.2) is 28.3 Å². The highest BCUT2D eigenvalue weighted by molar-refractivity contribution is 6.31. The third-order valence-electron chi connectivity index (χ3n) is 4.88. The molecule has 1 fully saturated rings. The molecule has 0 amide bonds. The van der Waals surface area contributed by atoms with Gasteiger partial charge >= 0.3 is 0 Å². The minimum Gasteiger partial charge on any atom is -0.508 e. The highest BCUT2D eigenvalue weighted by Gasteiger charge is 2.25. The molecule has 2 aromatic heterocycles. The number of hydrogen-bond donors (Lipinski definition) is 1. The minimum absolute atomic E-state index is 0.187. The van der Waals surface area contributed by atoms with Crippen LogP contribution in [0.5, 0.6) is 5.75 Å². The summed E-state index contributed by atoms with van der Waals surface area (Å²) >= 11 is 6.65. The molecule has 3 heterocycles. The molecule has 0 aliphatic carbocycles. The summed E-state index contributed by atoms with van der Waals surface area (Å²) in [6, 6.07) is 7.31. The first kappa shape index (κ1) is 16.3. The molecule has 4 rings (SSSR count). The van der Waals surface area contributed by atoms with Crippen molar-refractivity contribution in [1.29, 1.82) is 0 Å². The molecule has 128 valence electrons. The maximum absolute atomic E-state index is 9.85. The maximum atomic E-state index is 9.85. The van der Waals surface area contributed by atoms with Gasteiger partial charge in [-0.3, -0.25) is 4.98 Å². The molecular weight excluding hydrogens is 336 g/mol. The summed E-state index contributed by atoms with van der Waals surface area (Å²) in [5, 5.41) is 11.4. The summed E-state index contributed by atoms with van der Waals surface area (Å²) in [6.07, 6.45) is 5.53. The summed E-state index contributed by atoms with van der Waals surface area (Å²) in [4.78, 5) is 8.80. The molecule has 1 N–H and O–H groups in total. The molecule has 1 aromatic carbocycles.